The average Bonchev–Trinajstić information content (AvgIpc) is 2.94. The lowest BCUT2D eigenvalue weighted by molar-refractivity contribution is -0.142. The largest absolute Gasteiger partial charge is 0.489 e. The maximum Gasteiger partial charge on any atom is 0.306 e. The molecule has 0 aliphatic rings. The number of carbonyl (C=O) groups is 1. The molecule has 0 saturated heterocycles. The molecule has 3 nitrogen and oxygen atoms in total. The van der Waals surface area contributed by atoms with Gasteiger partial charge in [-0.15, -0.1) is 0 Å². The summed E-state index contributed by atoms with van der Waals surface area (Å²) in [7, 11) is 0. The zero-order chi connectivity index (χ0) is 27.1. The molecule has 0 radical (unpaired) electrons. The standard InChI is InChI=1S/C35H54O3/c1-2-3-4-5-6-7-8-9-10-11-12-13-14-15-16-20-23-33(35(36)37)27-24-31-25-28-34(29-26-31)38-30-32-21-18-17-19-22-32/h17-19,21-22,25-26,28-29,33H,2-16,20,23-24,27,30H2,1H3,(H,36,37). The molecular formula is C35H54O3. The second-order valence-electron chi connectivity index (χ2n) is 11.1. The minimum atomic E-state index is -0.645. The summed E-state index contributed by atoms with van der Waals surface area (Å²) in [5.41, 5.74) is 2.32. The molecule has 1 unspecified atom stereocenters. The van der Waals surface area contributed by atoms with Crippen LogP contribution >= 0.6 is 0 Å². The molecule has 0 heterocycles. The van der Waals surface area contributed by atoms with Crippen molar-refractivity contribution >= 4 is 5.97 Å². The van der Waals surface area contributed by atoms with Crippen LogP contribution in [0.25, 0.3) is 0 Å². The summed E-state index contributed by atoms with van der Waals surface area (Å²) < 4.78 is 5.86. The van der Waals surface area contributed by atoms with Gasteiger partial charge in [0.05, 0.1) is 5.92 Å². The van der Waals surface area contributed by atoms with E-state index in [4.69, 9.17) is 4.74 Å². The highest BCUT2D eigenvalue weighted by Gasteiger charge is 2.16. The van der Waals surface area contributed by atoms with E-state index in [2.05, 4.69) is 31.2 Å². The highest BCUT2D eigenvalue weighted by Crippen LogP contribution is 2.21. The van der Waals surface area contributed by atoms with Crippen LogP contribution in [-0.2, 0) is 17.8 Å². The molecule has 0 saturated carbocycles. The zero-order valence-corrected chi connectivity index (χ0v) is 24.2. The first-order valence-electron chi connectivity index (χ1n) is 15.7. The first-order valence-corrected chi connectivity index (χ1v) is 15.7. The van der Waals surface area contributed by atoms with Crippen molar-refractivity contribution in [2.45, 2.75) is 136 Å². The number of carboxylic acid groups (broad SMARTS) is 1. The van der Waals surface area contributed by atoms with E-state index in [1.165, 1.54) is 95.5 Å². The lowest BCUT2D eigenvalue weighted by Gasteiger charge is -2.13. The number of carboxylic acids is 1. The molecule has 212 valence electrons. The van der Waals surface area contributed by atoms with Gasteiger partial charge in [-0.25, -0.2) is 0 Å². The van der Waals surface area contributed by atoms with E-state index >= 15 is 0 Å². The molecule has 0 aromatic heterocycles. The fourth-order valence-electron chi connectivity index (χ4n) is 5.16. The van der Waals surface area contributed by atoms with Crippen molar-refractivity contribution in [3.05, 3.63) is 65.7 Å². The molecule has 0 aliphatic heterocycles. The third-order valence-corrected chi connectivity index (χ3v) is 7.71. The number of ether oxygens (including phenoxy) is 1. The van der Waals surface area contributed by atoms with Gasteiger partial charge >= 0.3 is 5.97 Å². The number of unbranched alkanes of at least 4 members (excludes halogenated alkanes) is 15. The van der Waals surface area contributed by atoms with Gasteiger partial charge in [0.2, 0.25) is 0 Å². The molecular weight excluding hydrogens is 468 g/mol. The number of aliphatic carboxylic acids is 1. The van der Waals surface area contributed by atoms with Gasteiger partial charge in [-0.3, -0.25) is 4.79 Å². The topological polar surface area (TPSA) is 46.5 Å². The van der Waals surface area contributed by atoms with E-state index in [1.807, 2.05) is 30.3 Å². The summed E-state index contributed by atoms with van der Waals surface area (Å²) in [6.07, 6.45) is 23.8. The van der Waals surface area contributed by atoms with Crippen molar-refractivity contribution in [1.29, 1.82) is 0 Å². The lowest BCUT2D eigenvalue weighted by Crippen LogP contribution is -2.14. The Morgan fingerprint density at radius 2 is 1.13 bits per heavy atom. The number of benzene rings is 2. The average molecular weight is 523 g/mol. The number of aryl methyl sites for hydroxylation is 1. The molecule has 0 amide bonds. The lowest BCUT2D eigenvalue weighted by atomic mass is 9.93. The molecule has 0 spiro atoms. The van der Waals surface area contributed by atoms with Gasteiger partial charge in [0.1, 0.15) is 12.4 Å². The Balaban J connectivity index is 1.46. The van der Waals surface area contributed by atoms with Crippen LogP contribution in [0.2, 0.25) is 0 Å². The van der Waals surface area contributed by atoms with E-state index in [9.17, 15) is 9.90 Å². The molecule has 2 aromatic carbocycles. The van der Waals surface area contributed by atoms with Crippen molar-refractivity contribution < 1.29 is 14.6 Å². The Kier molecular flexibility index (Phi) is 18.2. The molecule has 1 atom stereocenters. The van der Waals surface area contributed by atoms with Gasteiger partial charge < -0.3 is 9.84 Å². The van der Waals surface area contributed by atoms with Gasteiger partial charge in [0.25, 0.3) is 0 Å². The van der Waals surface area contributed by atoms with E-state index in [0.29, 0.717) is 13.0 Å². The summed E-state index contributed by atoms with van der Waals surface area (Å²) in [5, 5.41) is 9.68. The van der Waals surface area contributed by atoms with Crippen molar-refractivity contribution in [3.63, 3.8) is 0 Å². The molecule has 1 N–H and O–H groups in total. The van der Waals surface area contributed by atoms with Crippen LogP contribution in [0.3, 0.4) is 0 Å². The summed E-state index contributed by atoms with van der Waals surface area (Å²) in [6, 6.07) is 18.2. The monoisotopic (exact) mass is 522 g/mol. The number of rotatable bonds is 24. The zero-order valence-electron chi connectivity index (χ0n) is 24.2. The van der Waals surface area contributed by atoms with Crippen molar-refractivity contribution in [2.24, 2.45) is 5.92 Å². The Labute approximate surface area is 233 Å². The predicted octanol–water partition coefficient (Wildman–Crippen LogP) is 10.6. The first kappa shape index (κ1) is 31.9. The third kappa shape index (κ3) is 15.8. The maximum atomic E-state index is 11.8. The van der Waals surface area contributed by atoms with Crippen LogP contribution in [0.1, 0.15) is 134 Å². The molecule has 0 aliphatic carbocycles. The van der Waals surface area contributed by atoms with E-state index < -0.39 is 5.97 Å². The van der Waals surface area contributed by atoms with E-state index in [1.54, 1.807) is 0 Å². The quantitative estimate of drug-likeness (QED) is 0.139. The van der Waals surface area contributed by atoms with Crippen LogP contribution in [0, 0.1) is 5.92 Å². The molecule has 2 rings (SSSR count). The van der Waals surface area contributed by atoms with Crippen LogP contribution in [0.15, 0.2) is 54.6 Å². The normalized spacial score (nSPS) is 11.9. The molecule has 0 bridgehead atoms. The highest BCUT2D eigenvalue weighted by atomic mass is 16.5. The highest BCUT2D eigenvalue weighted by molar-refractivity contribution is 5.69. The van der Waals surface area contributed by atoms with Crippen molar-refractivity contribution in [1.82, 2.24) is 0 Å². The Hall–Kier alpha value is -2.29. The minimum absolute atomic E-state index is 0.240. The van der Waals surface area contributed by atoms with E-state index in [-0.39, 0.29) is 5.92 Å². The Bertz CT molecular complexity index is 815. The van der Waals surface area contributed by atoms with Gasteiger partial charge in [0, 0.05) is 0 Å². The second-order valence-corrected chi connectivity index (χ2v) is 11.1. The van der Waals surface area contributed by atoms with E-state index in [0.717, 1.165) is 37.0 Å². The fraction of sp³-hybridized carbons (Fsp3) is 0.629. The summed E-state index contributed by atoms with van der Waals surface area (Å²) in [6.45, 7) is 2.84. The minimum Gasteiger partial charge on any atom is -0.489 e. The Morgan fingerprint density at radius 3 is 1.63 bits per heavy atom. The van der Waals surface area contributed by atoms with Crippen molar-refractivity contribution in [2.75, 3.05) is 0 Å². The van der Waals surface area contributed by atoms with Crippen LogP contribution in [0.5, 0.6) is 5.75 Å². The number of hydrogen-bond donors (Lipinski definition) is 1. The first-order chi connectivity index (χ1) is 18.7. The second kappa shape index (κ2) is 21.6. The van der Waals surface area contributed by atoms with Gasteiger partial charge in [-0.05, 0) is 42.5 Å². The molecule has 3 heteroatoms. The fourth-order valence-corrected chi connectivity index (χ4v) is 5.16. The summed E-state index contributed by atoms with van der Waals surface area (Å²) in [4.78, 5) is 11.8. The third-order valence-electron chi connectivity index (χ3n) is 7.71. The molecule has 2 aromatic rings. The molecule has 0 fully saturated rings. The van der Waals surface area contributed by atoms with Crippen LogP contribution in [-0.4, -0.2) is 11.1 Å². The molecule has 38 heavy (non-hydrogen) atoms. The van der Waals surface area contributed by atoms with Crippen molar-refractivity contribution in [3.8, 4) is 5.75 Å². The predicted molar refractivity (Wildman–Crippen MR) is 161 cm³/mol. The van der Waals surface area contributed by atoms with Crippen LogP contribution < -0.4 is 4.74 Å². The number of hydrogen-bond acceptors (Lipinski definition) is 2. The van der Waals surface area contributed by atoms with Gasteiger partial charge in [-0.2, -0.15) is 0 Å². The summed E-state index contributed by atoms with van der Waals surface area (Å²) >= 11 is 0. The van der Waals surface area contributed by atoms with Gasteiger partial charge in [0.15, 0.2) is 0 Å². The van der Waals surface area contributed by atoms with Crippen LogP contribution in [0.4, 0.5) is 0 Å². The van der Waals surface area contributed by atoms with Gasteiger partial charge in [-0.1, -0.05) is 152 Å². The SMILES string of the molecule is CCCCCCCCCCCCCCCCCCC(CCc1ccc(OCc2ccccc2)cc1)C(=O)O. The summed E-state index contributed by atoms with van der Waals surface area (Å²) in [5.74, 6) is -0.0371. The Morgan fingerprint density at radius 1 is 0.632 bits per heavy atom. The maximum absolute atomic E-state index is 11.8. The smallest absolute Gasteiger partial charge is 0.306 e.